The summed E-state index contributed by atoms with van der Waals surface area (Å²) in [5.74, 6) is 0.609. The van der Waals surface area contributed by atoms with Crippen LogP contribution in [-0.2, 0) is 20.7 Å². The zero-order valence-corrected chi connectivity index (χ0v) is 15.9. The molecule has 0 aromatic heterocycles. The third kappa shape index (κ3) is 11.6. The van der Waals surface area contributed by atoms with Gasteiger partial charge in [-0.2, -0.15) is 0 Å². The second-order valence-corrected chi connectivity index (χ2v) is 6.30. The van der Waals surface area contributed by atoms with E-state index in [2.05, 4.69) is 23.8 Å². The highest BCUT2D eigenvalue weighted by Gasteiger charge is 2.00. The first kappa shape index (κ1) is 21.5. The van der Waals surface area contributed by atoms with Gasteiger partial charge in [-0.1, -0.05) is 57.6 Å². The van der Waals surface area contributed by atoms with E-state index in [0.29, 0.717) is 19.8 Å². The summed E-state index contributed by atoms with van der Waals surface area (Å²) in [4.78, 5) is 10.9. The Morgan fingerprint density at radius 1 is 0.880 bits per heavy atom. The van der Waals surface area contributed by atoms with Crippen LogP contribution in [-0.4, -0.2) is 32.9 Å². The van der Waals surface area contributed by atoms with E-state index in [0.717, 1.165) is 12.2 Å². The van der Waals surface area contributed by atoms with E-state index in [9.17, 15) is 4.79 Å². The minimum atomic E-state index is -0.252. The molecule has 4 heteroatoms. The van der Waals surface area contributed by atoms with E-state index in [1.54, 1.807) is 0 Å². The standard InChI is InChI=1S/C21H34O4/c1-3-4-5-6-7-8-9-10-19-11-13-20(14-12-19)25-18-17-24-16-15-21(22)23-2/h11-14H,3-10,15-18H2,1-2H3. The van der Waals surface area contributed by atoms with Gasteiger partial charge in [-0.15, -0.1) is 0 Å². The molecule has 0 atom stereocenters. The van der Waals surface area contributed by atoms with Gasteiger partial charge < -0.3 is 14.2 Å². The zero-order valence-electron chi connectivity index (χ0n) is 15.9. The van der Waals surface area contributed by atoms with Crippen molar-refractivity contribution in [2.75, 3.05) is 26.9 Å². The normalized spacial score (nSPS) is 10.6. The first-order valence-corrected chi connectivity index (χ1v) is 9.62. The molecular formula is C21H34O4. The Morgan fingerprint density at radius 2 is 1.56 bits per heavy atom. The smallest absolute Gasteiger partial charge is 0.307 e. The summed E-state index contributed by atoms with van der Waals surface area (Å²) < 4.78 is 15.5. The number of esters is 1. The van der Waals surface area contributed by atoms with Crippen molar-refractivity contribution in [3.63, 3.8) is 0 Å². The molecule has 25 heavy (non-hydrogen) atoms. The van der Waals surface area contributed by atoms with Crippen LogP contribution in [0.15, 0.2) is 24.3 Å². The maximum absolute atomic E-state index is 10.9. The van der Waals surface area contributed by atoms with Crippen molar-refractivity contribution in [3.05, 3.63) is 29.8 Å². The number of carbonyl (C=O) groups excluding carboxylic acids is 1. The first-order valence-electron chi connectivity index (χ1n) is 9.62. The molecule has 0 fully saturated rings. The minimum Gasteiger partial charge on any atom is -0.491 e. The Morgan fingerprint density at radius 3 is 2.24 bits per heavy atom. The molecule has 0 aliphatic rings. The van der Waals surface area contributed by atoms with Crippen LogP contribution in [0.3, 0.4) is 0 Å². The molecule has 0 heterocycles. The van der Waals surface area contributed by atoms with Gasteiger partial charge >= 0.3 is 5.97 Å². The van der Waals surface area contributed by atoms with Gasteiger partial charge in [-0.3, -0.25) is 4.79 Å². The largest absolute Gasteiger partial charge is 0.491 e. The molecule has 0 N–H and O–H groups in total. The predicted molar refractivity (Wildman–Crippen MR) is 101 cm³/mol. The molecule has 1 aromatic rings. The van der Waals surface area contributed by atoms with Crippen LogP contribution in [0.5, 0.6) is 5.75 Å². The summed E-state index contributed by atoms with van der Waals surface area (Å²) in [5.41, 5.74) is 1.37. The molecule has 4 nitrogen and oxygen atoms in total. The average molecular weight is 350 g/mol. The predicted octanol–water partition coefficient (Wildman–Crippen LogP) is 4.94. The molecule has 1 rings (SSSR count). The number of aryl methyl sites for hydroxylation is 1. The van der Waals surface area contributed by atoms with Gasteiger partial charge in [0.05, 0.1) is 26.7 Å². The Labute approximate surface area is 152 Å². The summed E-state index contributed by atoms with van der Waals surface area (Å²) in [5, 5.41) is 0. The van der Waals surface area contributed by atoms with Gasteiger partial charge in [0, 0.05) is 0 Å². The lowest BCUT2D eigenvalue weighted by Crippen LogP contribution is -2.10. The summed E-state index contributed by atoms with van der Waals surface area (Å²) in [6.07, 6.45) is 10.8. The fourth-order valence-corrected chi connectivity index (χ4v) is 2.62. The highest BCUT2D eigenvalue weighted by Crippen LogP contribution is 2.15. The molecule has 1 aromatic carbocycles. The maximum Gasteiger partial charge on any atom is 0.307 e. The van der Waals surface area contributed by atoms with Crippen LogP contribution in [0.25, 0.3) is 0 Å². The first-order chi connectivity index (χ1) is 12.3. The van der Waals surface area contributed by atoms with Gasteiger partial charge in [0.15, 0.2) is 0 Å². The van der Waals surface area contributed by atoms with Crippen molar-refractivity contribution in [1.29, 1.82) is 0 Å². The van der Waals surface area contributed by atoms with Crippen molar-refractivity contribution in [3.8, 4) is 5.75 Å². The van der Waals surface area contributed by atoms with Crippen molar-refractivity contribution >= 4 is 5.97 Å². The highest BCUT2D eigenvalue weighted by molar-refractivity contribution is 5.69. The Balaban J connectivity index is 2.04. The Bertz CT molecular complexity index is 442. The summed E-state index contributed by atoms with van der Waals surface area (Å²) in [6, 6.07) is 8.32. The van der Waals surface area contributed by atoms with E-state index >= 15 is 0 Å². The van der Waals surface area contributed by atoms with Gasteiger partial charge in [0.25, 0.3) is 0 Å². The van der Waals surface area contributed by atoms with Crippen LogP contribution in [0, 0.1) is 0 Å². The Hall–Kier alpha value is -1.55. The lowest BCUT2D eigenvalue weighted by Gasteiger charge is -2.08. The van der Waals surface area contributed by atoms with Gasteiger partial charge in [-0.25, -0.2) is 0 Å². The molecule has 0 aliphatic heterocycles. The van der Waals surface area contributed by atoms with Crippen LogP contribution in [0.4, 0.5) is 0 Å². The molecule has 0 aliphatic carbocycles. The summed E-state index contributed by atoms with van der Waals surface area (Å²) in [6.45, 7) is 3.58. The average Bonchev–Trinajstić information content (AvgIpc) is 2.64. The molecule has 142 valence electrons. The highest BCUT2D eigenvalue weighted by atomic mass is 16.5. The number of benzene rings is 1. The molecule has 0 amide bonds. The quantitative estimate of drug-likeness (QED) is 0.332. The Kier molecular flexibility index (Phi) is 12.7. The topological polar surface area (TPSA) is 44.8 Å². The summed E-state index contributed by atoms with van der Waals surface area (Å²) in [7, 11) is 1.38. The van der Waals surface area contributed by atoms with Gasteiger partial charge in [-0.05, 0) is 30.5 Å². The van der Waals surface area contributed by atoms with Crippen molar-refractivity contribution in [2.24, 2.45) is 0 Å². The second-order valence-electron chi connectivity index (χ2n) is 6.30. The van der Waals surface area contributed by atoms with Gasteiger partial charge in [0.2, 0.25) is 0 Å². The minimum absolute atomic E-state index is 0.252. The van der Waals surface area contributed by atoms with Crippen LogP contribution in [0.1, 0.15) is 63.9 Å². The number of hydrogen-bond donors (Lipinski definition) is 0. The van der Waals surface area contributed by atoms with E-state index in [1.807, 2.05) is 12.1 Å². The molecule has 0 saturated heterocycles. The van der Waals surface area contributed by atoms with Crippen LogP contribution >= 0.6 is 0 Å². The molecular weight excluding hydrogens is 316 g/mol. The fourth-order valence-electron chi connectivity index (χ4n) is 2.62. The van der Waals surface area contributed by atoms with E-state index < -0.39 is 0 Å². The van der Waals surface area contributed by atoms with E-state index in [4.69, 9.17) is 9.47 Å². The summed E-state index contributed by atoms with van der Waals surface area (Å²) >= 11 is 0. The number of ether oxygens (including phenoxy) is 3. The maximum atomic E-state index is 10.9. The monoisotopic (exact) mass is 350 g/mol. The molecule has 0 saturated carbocycles. The van der Waals surface area contributed by atoms with Crippen molar-refractivity contribution in [1.82, 2.24) is 0 Å². The van der Waals surface area contributed by atoms with Crippen molar-refractivity contribution in [2.45, 2.75) is 64.7 Å². The van der Waals surface area contributed by atoms with Gasteiger partial charge in [0.1, 0.15) is 12.4 Å². The lowest BCUT2D eigenvalue weighted by atomic mass is 10.0. The zero-order chi connectivity index (χ0) is 18.2. The SMILES string of the molecule is CCCCCCCCCc1ccc(OCCOCCC(=O)OC)cc1. The molecule has 0 bridgehead atoms. The van der Waals surface area contributed by atoms with E-state index in [-0.39, 0.29) is 12.4 Å². The molecule has 0 unspecified atom stereocenters. The molecule has 0 spiro atoms. The van der Waals surface area contributed by atoms with Crippen LogP contribution < -0.4 is 4.74 Å². The van der Waals surface area contributed by atoms with Crippen LogP contribution in [0.2, 0.25) is 0 Å². The van der Waals surface area contributed by atoms with E-state index in [1.165, 1.54) is 57.6 Å². The number of carbonyl (C=O) groups is 1. The third-order valence-corrected chi connectivity index (χ3v) is 4.17. The molecule has 0 radical (unpaired) electrons. The third-order valence-electron chi connectivity index (χ3n) is 4.17. The number of methoxy groups -OCH3 is 1. The lowest BCUT2D eigenvalue weighted by molar-refractivity contribution is -0.141. The van der Waals surface area contributed by atoms with Crippen molar-refractivity contribution < 1.29 is 19.0 Å². The fraction of sp³-hybridized carbons (Fsp3) is 0.667. The number of rotatable bonds is 15. The number of hydrogen-bond acceptors (Lipinski definition) is 4. The number of unbranched alkanes of at least 4 members (excludes halogenated alkanes) is 6. The second kappa shape index (κ2) is 14.8.